The van der Waals surface area contributed by atoms with Crippen LogP contribution in [0.1, 0.15) is 44.1 Å². The number of alkyl halides is 2. The first-order chi connectivity index (χ1) is 15.6. The maximum absolute atomic E-state index is 13.0. The third kappa shape index (κ3) is 5.55. The van der Waals surface area contributed by atoms with Crippen LogP contribution >= 0.6 is 0 Å². The second kappa shape index (κ2) is 9.17. The first-order valence-electron chi connectivity index (χ1n) is 10.5. The van der Waals surface area contributed by atoms with Crippen LogP contribution in [0.4, 0.5) is 20.4 Å². The fourth-order valence-electron chi connectivity index (χ4n) is 3.83. The molecule has 0 aliphatic heterocycles. The third-order valence-corrected chi connectivity index (χ3v) is 7.17. The monoisotopic (exact) mass is 479 g/mol. The van der Waals surface area contributed by atoms with Crippen molar-refractivity contribution in [3.05, 3.63) is 36.0 Å². The Hall–Kier alpha value is -2.88. The van der Waals surface area contributed by atoms with E-state index in [9.17, 15) is 27.6 Å². The van der Waals surface area contributed by atoms with Crippen LogP contribution < -0.4 is 14.8 Å². The van der Waals surface area contributed by atoms with Gasteiger partial charge < -0.3 is 15.2 Å². The molecule has 2 saturated carbocycles. The summed E-state index contributed by atoms with van der Waals surface area (Å²) in [5.74, 6) is -2.64. The van der Waals surface area contributed by atoms with Gasteiger partial charge in [-0.3, -0.25) is 0 Å². The van der Waals surface area contributed by atoms with E-state index in [1.54, 1.807) is 0 Å². The van der Waals surface area contributed by atoms with Crippen molar-refractivity contribution < 1.29 is 27.0 Å². The van der Waals surface area contributed by atoms with Gasteiger partial charge in [0, 0.05) is 24.6 Å². The SMILES string of the molecule is N#Cc1cnc(Nc2ccc(S(=O)(=O)NC3CC(F)(F)C3)cc2)nc1OC1CCCCC1O. The number of aliphatic hydroxyl groups is 1. The minimum Gasteiger partial charge on any atom is -0.471 e. The van der Waals surface area contributed by atoms with Crippen LogP contribution in [-0.2, 0) is 10.0 Å². The van der Waals surface area contributed by atoms with E-state index in [1.807, 2.05) is 6.07 Å². The van der Waals surface area contributed by atoms with Crippen molar-refractivity contribution in [3.8, 4) is 11.9 Å². The van der Waals surface area contributed by atoms with E-state index in [0.29, 0.717) is 18.5 Å². The fourth-order valence-corrected chi connectivity index (χ4v) is 5.07. The molecule has 0 spiro atoms. The maximum atomic E-state index is 13.0. The van der Waals surface area contributed by atoms with Crippen molar-refractivity contribution in [2.45, 2.75) is 67.6 Å². The molecule has 4 rings (SSSR count). The number of halogens is 2. The number of ether oxygens (including phenoxy) is 1. The normalized spacial score (nSPS) is 22.7. The number of hydrogen-bond acceptors (Lipinski definition) is 8. The Balaban J connectivity index is 1.44. The van der Waals surface area contributed by atoms with Gasteiger partial charge in [-0.1, -0.05) is 6.42 Å². The van der Waals surface area contributed by atoms with Crippen molar-refractivity contribution in [2.75, 3.05) is 5.32 Å². The van der Waals surface area contributed by atoms with Crippen molar-refractivity contribution in [3.63, 3.8) is 0 Å². The van der Waals surface area contributed by atoms with E-state index < -0.39 is 47.0 Å². The van der Waals surface area contributed by atoms with Crippen LogP contribution in [0.3, 0.4) is 0 Å². The van der Waals surface area contributed by atoms with Gasteiger partial charge in [0.05, 0.1) is 17.2 Å². The molecule has 176 valence electrons. The summed E-state index contributed by atoms with van der Waals surface area (Å²) in [7, 11) is -3.92. The standard InChI is InChI=1S/C21H23F2N5O4S/c22-21(23)9-15(10-21)28-33(30,31)16-7-5-14(6-8-16)26-20-25-12-13(11-24)19(27-20)32-18-4-2-1-3-17(18)29/h5-8,12,15,17-18,28-29H,1-4,9-10H2,(H,25,26,27). The first kappa shape index (κ1) is 23.3. The molecular weight excluding hydrogens is 456 g/mol. The summed E-state index contributed by atoms with van der Waals surface area (Å²) in [6.07, 6.45) is 2.29. The van der Waals surface area contributed by atoms with E-state index in [4.69, 9.17) is 4.74 Å². The Morgan fingerprint density at radius 3 is 2.52 bits per heavy atom. The Morgan fingerprint density at radius 2 is 1.88 bits per heavy atom. The lowest BCUT2D eigenvalue weighted by Crippen LogP contribution is -2.50. The zero-order chi connectivity index (χ0) is 23.6. The average molecular weight is 480 g/mol. The van der Waals surface area contributed by atoms with Gasteiger partial charge in [0.15, 0.2) is 0 Å². The molecule has 0 radical (unpaired) electrons. The molecule has 3 N–H and O–H groups in total. The number of hydrogen-bond donors (Lipinski definition) is 3. The second-order valence-electron chi connectivity index (χ2n) is 8.26. The van der Waals surface area contributed by atoms with Gasteiger partial charge in [0.1, 0.15) is 17.7 Å². The molecule has 2 atom stereocenters. The summed E-state index contributed by atoms with van der Waals surface area (Å²) in [5.41, 5.74) is 0.602. The van der Waals surface area contributed by atoms with Crippen LogP contribution in [0.2, 0.25) is 0 Å². The molecule has 2 aliphatic carbocycles. The fraction of sp³-hybridized carbons (Fsp3) is 0.476. The summed E-state index contributed by atoms with van der Waals surface area (Å²) in [6.45, 7) is 0. The first-order valence-corrected chi connectivity index (χ1v) is 12.0. The molecular formula is C21H23F2N5O4S. The Bertz CT molecular complexity index is 1150. The molecule has 1 heterocycles. The molecule has 9 nitrogen and oxygen atoms in total. The minimum atomic E-state index is -3.92. The van der Waals surface area contributed by atoms with Crippen molar-refractivity contribution >= 4 is 21.7 Å². The number of nitriles is 1. The Morgan fingerprint density at radius 1 is 1.18 bits per heavy atom. The van der Waals surface area contributed by atoms with Crippen LogP contribution in [0.5, 0.6) is 5.88 Å². The van der Waals surface area contributed by atoms with Gasteiger partial charge in [-0.25, -0.2) is 26.9 Å². The van der Waals surface area contributed by atoms with Crippen molar-refractivity contribution in [2.24, 2.45) is 0 Å². The smallest absolute Gasteiger partial charge is 0.251 e. The van der Waals surface area contributed by atoms with E-state index in [0.717, 1.165) is 12.8 Å². The van der Waals surface area contributed by atoms with Gasteiger partial charge in [0.25, 0.3) is 5.92 Å². The molecule has 33 heavy (non-hydrogen) atoms. The molecule has 2 aromatic rings. The highest BCUT2D eigenvalue weighted by Crippen LogP contribution is 2.38. The van der Waals surface area contributed by atoms with Gasteiger partial charge >= 0.3 is 0 Å². The number of aromatic nitrogens is 2. The van der Waals surface area contributed by atoms with Gasteiger partial charge in [-0.05, 0) is 43.5 Å². The highest BCUT2D eigenvalue weighted by molar-refractivity contribution is 7.89. The number of nitrogens with zero attached hydrogens (tertiary/aromatic N) is 3. The lowest BCUT2D eigenvalue weighted by molar-refractivity contribution is -0.0876. The molecule has 2 aliphatic rings. The molecule has 0 saturated heterocycles. The molecule has 2 unspecified atom stereocenters. The van der Waals surface area contributed by atoms with Gasteiger partial charge in [-0.2, -0.15) is 10.2 Å². The lowest BCUT2D eigenvalue weighted by atomic mass is 9.89. The highest BCUT2D eigenvalue weighted by atomic mass is 32.2. The van der Waals surface area contributed by atoms with Gasteiger partial charge in [-0.15, -0.1) is 0 Å². The molecule has 0 bridgehead atoms. The molecule has 0 amide bonds. The van der Waals surface area contributed by atoms with E-state index in [-0.39, 0.29) is 22.3 Å². The van der Waals surface area contributed by atoms with Crippen LogP contribution in [0, 0.1) is 11.3 Å². The minimum absolute atomic E-state index is 0.0562. The highest BCUT2D eigenvalue weighted by Gasteiger charge is 2.46. The quantitative estimate of drug-likeness (QED) is 0.551. The summed E-state index contributed by atoms with van der Waals surface area (Å²) in [6, 6.07) is 6.82. The number of anilines is 2. The summed E-state index contributed by atoms with van der Waals surface area (Å²) < 4.78 is 58.7. The summed E-state index contributed by atoms with van der Waals surface area (Å²) in [5, 5.41) is 22.4. The number of sulfonamides is 1. The lowest BCUT2D eigenvalue weighted by Gasteiger charge is -2.34. The Kier molecular flexibility index (Phi) is 6.47. The largest absolute Gasteiger partial charge is 0.471 e. The van der Waals surface area contributed by atoms with Crippen molar-refractivity contribution in [1.82, 2.24) is 14.7 Å². The van der Waals surface area contributed by atoms with Crippen molar-refractivity contribution in [1.29, 1.82) is 5.26 Å². The molecule has 12 heteroatoms. The Labute approximate surface area is 189 Å². The number of benzene rings is 1. The van der Waals surface area contributed by atoms with Crippen LogP contribution in [0.25, 0.3) is 0 Å². The van der Waals surface area contributed by atoms with Crippen LogP contribution in [0.15, 0.2) is 35.4 Å². The topological polar surface area (TPSA) is 137 Å². The predicted octanol–water partition coefficient (Wildman–Crippen LogP) is 2.85. The third-order valence-electron chi connectivity index (χ3n) is 5.64. The summed E-state index contributed by atoms with van der Waals surface area (Å²) >= 11 is 0. The summed E-state index contributed by atoms with van der Waals surface area (Å²) in [4.78, 5) is 8.25. The average Bonchev–Trinajstić information content (AvgIpc) is 2.74. The maximum Gasteiger partial charge on any atom is 0.251 e. The zero-order valence-electron chi connectivity index (χ0n) is 17.5. The van der Waals surface area contributed by atoms with E-state index in [2.05, 4.69) is 20.0 Å². The van der Waals surface area contributed by atoms with Gasteiger partial charge in [0.2, 0.25) is 21.9 Å². The zero-order valence-corrected chi connectivity index (χ0v) is 18.4. The van der Waals surface area contributed by atoms with Crippen LogP contribution in [-0.4, -0.2) is 47.7 Å². The second-order valence-corrected chi connectivity index (χ2v) is 9.98. The van der Waals surface area contributed by atoms with E-state index >= 15 is 0 Å². The van der Waals surface area contributed by atoms with E-state index in [1.165, 1.54) is 30.5 Å². The number of nitrogens with one attached hydrogen (secondary N) is 2. The predicted molar refractivity (Wildman–Crippen MR) is 114 cm³/mol. The molecule has 2 fully saturated rings. The number of aliphatic hydroxyl groups excluding tert-OH is 1. The molecule has 1 aromatic heterocycles. The number of rotatable bonds is 7. The molecule has 1 aromatic carbocycles.